The third-order valence-corrected chi connectivity index (χ3v) is 4.15. The second kappa shape index (κ2) is 7.27. The predicted molar refractivity (Wildman–Crippen MR) is 84.9 cm³/mol. The largest absolute Gasteiger partial charge is 0.349 e. The van der Waals surface area contributed by atoms with Crippen molar-refractivity contribution >= 4 is 17.7 Å². The molecule has 0 bridgehead atoms. The van der Waals surface area contributed by atoms with Crippen LogP contribution in [0.3, 0.4) is 0 Å². The number of nitrogens with one attached hydrogen (secondary N) is 1. The number of hydrogen-bond acceptors (Lipinski definition) is 2. The van der Waals surface area contributed by atoms with Gasteiger partial charge < -0.3 is 5.32 Å². The van der Waals surface area contributed by atoms with Crippen molar-refractivity contribution in [1.29, 1.82) is 0 Å². The number of carbonyl (C=O) groups is 1. The maximum Gasteiger partial charge on any atom is 0.230 e. The van der Waals surface area contributed by atoms with Crippen molar-refractivity contribution in [2.24, 2.45) is 0 Å². The highest BCUT2D eigenvalue weighted by atomic mass is 32.2. The van der Waals surface area contributed by atoms with Crippen LogP contribution in [-0.4, -0.2) is 11.7 Å². The summed E-state index contributed by atoms with van der Waals surface area (Å²) in [6.45, 7) is 3.92. The molecule has 4 heteroatoms. The number of carbonyl (C=O) groups excluding carboxylic acids is 1. The van der Waals surface area contributed by atoms with Crippen LogP contribution in [-0.2, 0) is 4.79 Å². The summed E-state index contributed by atoms with van der Waals surface area (Å²) >= 11 is 1.50. The first-order valence-corrected chi connectivity index (χ1v) is 7.77. The molecule has 1 N–H and O–H groups in total. The molecule has 0 aliphatic heterocycles. The molecule has 110 valence electrons. The topological polar surface area (TPSA) is 29.1 Å². The summed E-state index contributed by atoms with van der Waals surface area (Å²) in [5.41, 5.74) is 2.10. The third-order valence-electron chi connectivity index (χ3n) is 3.14. The van der Waals surface area contributed by atoms with Crippen LogP contribution in [0.5, 0.6) is 0 Å². The smallest absolute Gasteiger partial charge is 0.230 e. The summed E-state index contributed by atoms with van der Waals surface area (Å²) in [6, 6.07) is 14.1. The van der Waals surface area contributed by atoms with E-state index in [1.54, 1.807) is 12.1 Å². The first-order chi connectivity index (χ1) is 10.0. The van der Waals surface area contributed by atoms with Crippen molar-refractivity contribution in [3.05, 3.63) is 65.5 Å². The standard InChI is InChI=1S/C17H18FNOS/c1-12-3-9-16(10-4-12)21-11-17(20)19-13(2)14-5-7-15(18)8-6-14/h3-10,13H,11H2,1-2H3,(H,19,20)/t13-/m1/s1. The Hall–Kier alpha value is -1.81. The Balaban J connectivity index is 1.83. The Morgan fingerprint density at radius 3 is 2.38 bits per heavy atom. The van der Waals surface area contributed by atoms with Gasteiger partial charge in [0.05, 0.1) is 11.8 Å². The lowest BCUT2D eigenvalue weighted by Crippen LogP contribution is -2.28. The molecule has 1 atom stereocenters. The first-order valence-electron chi connectivity index (χ1n) is 6.79. The Labute approximate surface area is 128 Å². The Bertz CT molecular complexity index is 595. The summed E-state index contributed by atoms with van der Waals surface area (Å²) in [7, 11) is 0. The van der Waals surface area contributed by atoms with Crippen molar-refractivity contribution in [3.8, 4) is 0 Å². The first kappa shape index (κ1) is 15.6. The molecule has 2 aromatic carbocycles. The van der Waals surface area contributed by atoms with Crippen molar-refractivity contribution in [2.75, 3.05) is 5.75 Å². The lowest BCUT2D eigenvalue weighted by molar-refractivity contribution is -0.119. The van der Waals surface area contributed by atoms with E-state index in [2.05, 4.69) is 5.32 Å². The molecule has 0 saturated carbocycles. The average molecular weight is 303 g/mol. The van der Waals surface area contributed by atoms with E-state index in [0.717, 1.165) is 10.5 Å². The molecule has 2 aromatic rings. The SMILES string of the molecule is Cc1ccc(SCC(=O)N[C@H](C)c2ccc(F)cc2)cc1. The van der Waals surface area contributed by atoms with E-state index < -0.39 is 0 Å². The molecule has 0 aliphatic carbocycles. The lowest BCUT2D eigenvalue weighted by Gasteiger charge is -2.14. The van der Waals surface area contributed by atoms with Gasteiger partial charge in [0.25, 0.3) is 0 Å². The highest BCUT2D eigenvalue weighted by Crippen LogP contribution is 2.19. The van der Waals surface area contributed by atoms with Gasteiger partial charge in [-0.3, -0.25) is 4.79 Å². The van der Waals surface area contributed by atoms with Gasteiger partial charge in [0.15, 0.2) is 0 Å². The second-order valence-electron chi connectivity index (χ2n) is 4.94. The van der Waals surface area contributed by atoms with Crippen molar-refractivity contribution < 1.29 is 9.18 Å². The number of thioether (sulfide) groups is 1. The molecule has 1 amide bonds. The van der Waals surface area contributed by atoms with Gasteiger partial charge in [-0.25, -0.2) is 4.39 Å². The summed E-state index contributed by atoms with van der Waals surface area (Å²) < 4.78 is 12.9. The van der Waals surface area contributed by atoms with E-state index in [1.807, 2.05) is 38.1 Å². The fourth-order valence-corrected chi connectivity index (χ4v) is 2.61. The summed E-state index contributed by atoms with van der Waals surface area (Å²) in [4.78, 5) is 13.0. The summed E-state index contributed by atoms with van der Waals surface area (Å²) in [5.74, 6) is 0.0683. The number of halogens is 1. The quantitative estimate of drug-likeness (QED) is 0.842. The molecule has 0 fully saturated rings. The zero-order valence-electron chi connectivity index (χ0n) is 12.1. The van der Waals surface area contributed by atoms with Crippen LogP contribution >= 0.6 is 11.8 Å². The minimum atomic E-state index is -0.271. The fourth-order valence-electron chi connectivity index (χ4n) is 1.90. The van der Waals surface area contributed by atoms with Crippen LogP contribution in [0.2, 0.25) is 0 Å². The van der Waals surface area contributed by atoms with Gasteiger partial charge in [0.2, 0.25) is 5.91 Å². The molecule has 0 aromatic heterocycles. The highest BCUT2D eigenvalue weighted by molar-refractivity contribution is 8.00. The van der Waals surface area contributed by atoms with E-state index in [0.29, 0.717) is 5.75 Å². The minimum Gasteiger partial charge on any atom is -0.349 e. The van der Waals surface area contributed by atoms with Crippen LogP contribution in [0, 0.1) is 12.7 Å². The maximum absolute atomic E-state index is 12.9. The molecule has 0 saturated heterocycles. The van der Waals surface area contributed by atoms with Crippen molar-refractivity contribution in [3.63, 3.8) is 0 Å². The van der Waals surface area contributed by atoms with Crippen LogP contribution in [0.4, 0.5) is 4.39 Å². The molecule has 2 nitrogen and oxygen atoms in total. The van der Waals surface area contributed by atoms with Gasteiger partial charge in [0, 0.05) is 4.90 Å². The Kier molecular flexibility index (Phi) is 5.39. The number of benzene rings is 2. The Morgan fingerprint density at radius 2 is 1.76 bits per heavy atom. The minimum absolute atomic E-state index is 0.0302. The zero-order valence-corrected chi connectivity index (χ0v) is 12.9. The van der Waals surface area contributed by atoms with Gasteiger partial charge in [0.1, 0.15) is 5.82 Å². The highest BCUT2D eigenvalue weighted by Gasteiger charge is 2.10. The fraction of sp³-hybridized carbons (Fsp3) is 0.235. The van der Waals surface area contributed by atoms with E-state index in [1.165, 1.54) is 29.5 Å². The second-order valence-corrected chi connectivity index (χ2v) is 5.99. The zero-order chi connectivity index (χ0) is 15.2. The molecule has 2 rings (SSSR count). The van der Waals surface area contributed by atoms with E-state index >= 15 is 0 Å². The average Bonchev–Trinajstić information content (AvgIpc) is 2.47. The number of hydrogen-bond donors (Lipinski definition) is 1. The maximum atomic E-state index is 12.9. The number of rotatable bonds is 5. The van der Waals surface area contributed by atoms with Crippen LogP contribution in [0.25, 0.3) is 0 Å². The number of aryl methyl sites for hydroxylation is 1. The predicted octanol–water partition coefficient (Wildman–Crippen LogP) is 4.10. The van der Waals surface area contributed by atoms with Crippen LogP contribution < -0.4 is 5.32 Å². The normalized spacial score (nSPS) is 12.0. The molecule has 0 unspecified atom stereocenters. The van der Waals surface area contributed by atoms with Gasteiger partial charge in [-0.15, -0.1) is 11.8 Å². The van der Waals surface area contributed by atoms with Crippen LogP contribution in [0.1, 0.15) is 24.1 Å². The van der Waals surface area contributed by atoms with Gasteiger partial charge >= 0.3 is 0 Å². The molecule has 21 heavy (non-hydrogen) atoms. The van der Waals surface area contributed by atoms with E-state index in [4.69, 9.17) is 0 Å². The van der Waals surface area contributed by atoms with Gasteiger partial charge in [-0.2, -0.15) is 0 Å². The molecule has 0 spiro atoms. The summed E-state index contributed by atoms with van der Waals surface area (Å²) in [5, 5.41) is 2.92. The Morgan fingerprint density at radius 1 is 1.14 bits per heavy atom. The van der Waals surface area contributed by atoms with Crippen molar-refractivity contribution in [1.82, 2.24) is 5.32 Å². The van der Waals surface area contributed by atoms with E-state index in [9.17, 15) is 9.18 Å². The molecule has 0 aliphatic rings. The monoisotopic (exact) mass is 303 g/mol. The molecular weight excluding hydrogens is 285 g/mol. The lowest BCUT2D eigenvalue weighted by atomic mass is 10.1. The molecule has 0 radical (unpaired) electrons. The van der Waals surface area contributed by atoms with Crippen LogP contribution in [0.15, 0.2) is 53.4 Å². The van der Waals surface area contributed by atoms with E-state index in [-0.39, 0.29) is 17.8 Å². The third kappa shape index (κ3) is 4.90. The number of amides is 1. The van der Waals surface area contributed by atoms with Gasteiger partial charge in [-0.05, 0) is 43.7 Å². The molecule has 0 heterocycles. The summed E-state index contributed by atoms with van der Waals surface area (Å²) in [6.07, 6.45) is 0. The van der Waals surface area contributed by atoms with Crippen molar-refractivity contribution in [2.45, 2.75) is 24.8 Å². The molecular formula is C17H18FNOS. The van der Waals surface area contributed by atoms with Gasteiger partial charge in [-0.1, -0.05) is 29.8 Å².